The molecule has 2 nitrogen and oxygen atoms in total. The quantitative estimate of drug-likeness (QED) is 0.769. The van der Waals surface area contributed by atoms with Gasteiger partial charge in [0.2, 0.25) is 0 Å². The molecule has 1 aliphatic carbocycles. The van der Waals surface area contributed by atoms with Crippen molar-refractivity contribution >= 4 is 0 Å². The molecule has 4 unspecified atom stereocenters. The summed E-state index contributed by atoms with van der Waals surface area (Å²) in [6, 6.07) is 2.19. The van der Waals surface area contributed by atoms with Crippen LogP contribution in [-0.2, 0) is 16.5 Å². The van der Waals surface area contributed by atoms with E-state index in [0.717, 1.165) is 25.3 Å². The average molecular weight is 255 g/mol. The van der Waals surface area contributed by atoms with E-state index in [4.69, 9.17) is 4.74 Å². The number of rotatable bonds is 1. The minimum absolute atomic E-state index is 0.256. The van der Waals surface area contributed by atoms with Crippen LogP contribution in [0.5, 0.6) is 0 Å². The molecule has 0 aromatic carbocycles. The summed E-state index contributed by atoms with van der Waals surface area (Å²) in [6.45, 7) is 0. The predicted molar refractivity (Wildman–Crippen MR) is 56.6 cm³/mol. The van der Waals surface area contributed by atoms with Gasteiger partial charge in [-0.2, -0.15) is 13.2 Å². The Morgan fingerprint density at radius 3 is 2.89 bits per heavy atom. The van der Waals surface area contributed by atoms with Crippen LogP contribution >= 0.6 is 0 Å². The Kier molecular flexibility index (Phi) is 1.84. The van der Waals surface area contributed by atoms with Gasteiger partial charge in [-0.05, 0) is 43.2 Å². The number of hydrogen-bond acceptors (Lipinski definition) is 2. The van der Waals surface area contributed by atoms with Crippen molar-refractivity contribution < 1.29 is 17.9 Å². The molecule has 5 heteroatoms. The Labute approximate surface area is 102 Å². The van der Waals surface area contributed by atoms with Gasteiger partial charge in [0.1, 0.15) is 5.60 Å². The molecule has 0 spiro atoms. The standard InChI is InChI=1S/C13H12F3NO/c14-13(15,16)7-2-4-17-11(5-7)12-3-1-10(18-12)8-6-9(8)12/h2,4-5,8-10H,1,3,6H2. The Balaban J connectivity index is 1.77. The fourth-order valence-corrected chi connectivity index (χ4v) is 3.70. The van der Waals surface area contributed by atoms with Gasteiger partial charge < -0.3 is 4.74 Å². The lowest BCUT2D eigenvalue weighted by Gasteiger charge is -2.26. The normalized spacial score (nSPS) is 40.9. The van der Waals surface area contributed by atoms with Gasteiger partial charge in [0.05, 0.1) is 17.4 Å². The zero-order chi connectivity index (χ0) is 12.5. The molecule has 3 aliphatic rings. The van der Waals surface area contributed by atoms with Crippen LogP contribution in [0.25, 0.3) is 0 Å². The van der Waals surface area contributed by atoms with Crippen LogP contribution in [0.4, 0.5) is 13.2 Å². The van der Waals surface area contributed by atoms with Gasteiger partial charge in [0.25, 0.3) is 0 Å². The van der Waals surface area contributed by atoms with Crippen molar-refractivity contribution in [3.05, 3.63) is 29.6 Å². The van der Waals surface area contributed by atoms with E-state index in [0.29, 0.717) is 17.5 Å². The summed E-state index contributed by atoms with van der Waals surface area (Å²) in [5.41, 5.74) is -0.667. The topological polar surface area (TPSA) is 22.1 Å². The molecule has 1 aromatic heterocycles. The monoisotopic (exact) mass is 255 g/mol. The molecule has 18 heavy (non-hydrogen) atoms. The molecule has 3 fully saturated rings. The fraction of sp³-hybridized carbons (Fsp3) is 0.615. The smallest absolute Gasteiger partial charge is 0.365 e. The van der Waals surface area contributed by atoms with E-state index in [1.807, 2.05) is 0 Å². The van der Waals surface area contributed by atoms with Crippen molar-refractivity contribution in [1.82, 2.24) is 4.98 Å². The molecule has 1 aromatic rings. The molecular formula is C13H12F3NO. The lowest BCUT2D eigenvalue weighted by Crippen LogP contribution is -2.27. The zero-order valence-electron chi connectivity index (χ0n) is 9.57. The molecule has 2 saturated heterocycles. The molecule has 0 N–H and O–H groups in total. The van der Waals surface area contributed by atoms with Crippen molar-refractivity contribution in [3.63, 3.8) is 0 Å². The first kappa shape index (κ1) is 10.8. The highest BCUT2D eigenvalue weighted by Crippen LogP contribution is 2.68. The van der Waals surface area contributed by atoms with Crippen LogP contribution in [0.3, 0.4) is 0 Å². The van der Waals surface area contributed by atoms with Crippen LogP contribution in [0.1, 0.15) is 30.5 Å². The van der Waals surface area contributed by atoms with Crippen molar-refractivity contribution in [2.45, 2.75) is 37.1 Å². The second kappa shape index (κ2) is 3.07. The van der Waals surface area contributed by atoms with Crippen LogP contribution in [-0.4, -0.2) is 11.1 Å². The third-order valence-electron chi connectivity index (χ3n) is 4.60. The molecule has 4 atom stereocenters. The molecule has 0 radical (unpaired) electrons. The lowest BCUT2D eigenvalue weighted by molar-refractivity contribution is -0.137. The van der Waals surface area contributed by atoms with E-state index >= 15 is 0 Å². The van der Waals surface area contributed by atoms with E-state index in [2.05, 4.69) is 4.98 Å². The van der Waals surface area contributed by atoms with E-state index in [1.165, 1.54) is 12.3 Å². The largest absolute Gasteiger partial charge is 0.416 e. The summed E-state index contributed by atoms with van der Waals surface area (Å²) < 4.78 is 44.1. The molecule has 2 bridgehead atoms. The van der Waals surface area contributed by atoms with Crippen LogP contribution in [0.15, 0.2) is 18.3 Å². The summed E-state index contributed by atoms with van der Waals surface area (Å²) in [5, 5.41) is 0. The van der Waals surface area contributed by atoms with Gasteiger partial charge in [-0.1, -0.05) is 0 Å². The maximum absolute atomic E-state index is 12.7. The highest BCUT2D eigenvalue weighted by molar-refractivity contribution is 5.30. The highest BCUT2D eigenvalue weighted by Gasteiger charge is 2.68. The number of ether oxygens (including phenoxy) is 1. The number of aromatic nitrogens is 1. The summed E-state index contributed by atoms with van der Waals surface area (Å²) in [5.74, 6) is 0.960. The van der Waals surface area contributed by atoms with Gasteiger partial charge in [0.15, 0.2) is 0 Å². The van der Waals surface area contributed by atoms with Crippen molar-refractivity contribution in [1.29, 1.82) is 0 Å². The Morgan fingerprint density at radius 2 is 2.22 bits per heavy atom. The number of fused-ring (bicyclic) bond motifs is 5. The third-order valence-corrected chi connectivity index (χ3v) is 4.60. The molecule has 4 rings (SSSR count). The highest BCUT2D eigenvalue weighted by atomic mass is 19.4. The number of pyridine rings is 1. The summed E-state index contributed by atoms with van der Waals surface area (Å²) in [6.07, 6.45) is 0.0495. The van der Waals surface area contributed by atoms with Gasteiger partial charge in [-0.3, -0.25) is 4.98 Å². The minimum Gasteiger partial charge on any atom is -0.365 e. The van der Waals surface area contributed by atoms with Crippen LogP contribution in [0.2, 0.25) is 0 Å². The Bertz CT molecular complexity index is 515. The zero-order valence-corrected chi connectivity index (χ0v) is 9.57. The van der Waals surface area contributed by atoms with E-state index in [-0.39, 0.29) is 6.10 Å². The molecule has 96 valence electrons. The van der Waals surface area contributed by atoms with E-state index < -0.39 is 17.3 Å². The number of nitrogens with zero attached hydrogens (tertiary/aromatic N) is 1. The Morgan fingerprint density at radius 1 is 1.39 bits per heavy atom. The van der Waals surface area contributed by atoms with Crippen molar-refractivity contribution in [2.75, 3.05) is 0 Å². The van der Waals surface area contributed by atoms with Gasteiger partial charge in [-0.15, -0.1) is 0 Å². The molecule has 2 aliphatic heterocycles. The van der Waals surface area contributed by atoms with Crippen molar-refractivity contribution in [2.24, 2.45) is 11.8 Å². The molecule has 0 amide bonds. The molecular weight excluding hydrogens is 243 g/mol. The second-order valence-corrected chi connectivity index (χ2v) is 5.52. The number of halogens is 3. The summed E-state index contributed by atoms with van der Waals surface area (Å²) in [7, 11) is 0. The maximum atomic E-state index is 12.7. The maximum Gasteiger partial charge on any atom is 0.416 e. The summed E-state index contributed by atoms with van der Waals surface area (Å²) >= 11 is 0. The Hall–Kier alpha value is -1.10. The van der Waals surface area contributed by atoms with Gasteiger partial charge in [-0.25, -0.2) is 0 Å². The molecule has 1 saturated carbocycles. The van der Waals surface area contributed by atoms with Crippen LogP contribution in [0, 0.1) is 11.8 Å². The second-order valence-electron chi connectivity index (χ2n) is 5.52. The SMILES string of the molecule is FC(F)(F)c1ccnc(C23CCC(O2)C2CC23)c1. The summed E-state index contributed by atoms with van der Waals surface area (Å²) in [4.78, 5) is 4.16. The number of hydrogen-bond donors (Lipinski definition) is 0. The average Bonchev–Trinajstić information content (AvgIpc) is 2.97. The first-order valence-corrected chi connectivity index (χ1v) is 6.22. The van der Waals surface area contributed by atoms with Gasteiger partial charge >= 0.3 is 6.18 Å². The first-order valence-electron chi connectivity index (χ1n) is 6.22. The van der Waals surface area contributed by atoms with E-state index in [9.17, 15) is 13.2 Å². The van der Waals surface area contributed by atoms with E-state index in [1.54, 1.807) is 0 Å². The minimum atomic E-state index is -4.31. The molecule has 3 heterocycles. The lowest BCUT2D eigenvalue weighted by atomic mass is 9.85. The van der Waals surface area contributed by atoms with Crippen LogP contribution < -0.4 is 0 Å². The third kappa shape index (κ3) is 1.25. The first-order chi connectivity index (χ1) is 8.51. The number of alkyl halides is 3. The fourth-order valence-electron chi connectivity index (χ4n) is 3.70. The predicted octanol–water partition coefficient (Wildman–Crippen LogP) is 3.12. The van der Waals surface area contributed by atoms with Gasteiger partial charge in [0, 0.05) is 6.20 Å². The van der Waals surface area contributed by atoms with Crippen molar-refractivity contribution in [3.8, 4) is 0 Å².